The summed E-state index contributed by atoms with van der Waals surface area (Å²) in [6, 6.07) is 10.1. The van der Waals surface area contributed by atoms with Gasteiger partial charge in [0.15, 0.2) is 5.82 Å². The summed E-state index contributed by atoms with van der Waals surface area (Å²) in [5.74, 6) is 0.310. The summed E-state index contributed by atoms with van der Waals surface area (Å²) >= 11 is 0. The van der Waals surface area contributed by atoms with Gasteiger partial charge in [0, 0.05) is 24.4 Å². The minimum atomic E-state index is -0.342. The largest absolute Gasteiger partial charge is 0.344 e. The monoisotopic (exact) mass is 348 g/mol. The Balaban J connectivity index is 1.43. The van der Waals surface area contributed by atoms with Crippen molar-refractivity contribution in [3.05, 3.63) is 65.6 Å². The topological polar surface area (TPSA) is 80.9 Å². The Hall–Kier alpha value is -3.02. The Morgan fingerprint density at radius 1 is 1.19 bits per heavy atom. The van der Waals surface area contributed by atoms with Crippen LogP contribution < -0.4 is 5.32 Å². The lowest BCUT2D eigenvalue weighted by molar-refractivity contribution is 0.0907. The highest BCUT2D eigenvalue weighted by Gasteiger charge is 2.44. The molecule has 1 aliphatic carbocycles. The van der Waals surface area contributed by atoms with Gasteiger partial charge in [0.25, 0.3) is 0 Å². The standard InChI is InChI=1S/C20H20N4O2/c1-13-11-15(14-5-9-21-10-6-14)3-4-16(13)12-22-17(25)18-23-19(24-26-18)20(2)7-8-20/h3-6,9-11H,7-8,12H2,1-2H3,(H,22,25). The fourth-order valence-corrected chi connectivity index (χ4v) is 2.84. The average molecular weight is 348 g/mol. The van der Waals surface area contributed by atoms with E-state index in [4.69, 9.17) is 4.52 Å². The van der Waals surface area contributed by atoms with Crippen LogP contribution in [0.1, 0.15) is 47.4 Å². The zero-order valence-corrected chi connectivity index (χ0v) is 14.8. The van der Waals surface area contributed by atoms with Crippen LogP contribution in [0.2, 0.25) is 0 Å². The molecule has 0 aliphatic heterocycles. The number of benzene rings is 1. The van der Waals surface area contributed by atoms with E-state index in [0.717, 1.165) is 35.1 Å². The molecule has 4 rings (SSSR count). The third-order valence-electron chi connectivity index (χ3n) is 4.96. The summed E-state index contributed by atoms with van der Waals surface area (Å²) < 4.78 is 5.11. The molecule has 132 valence electrons. The van der Waals surface area contributed by atoms with Crippen molar-refractivity contribution in [1.82, 2.24) is 20.4 Å². The molecule has 3 aromatic rings. The fourth-order valence-electron chi connectivity index (χ4n) is 2.84. The first-order valence-electron chi connectivity index (χ1n) is 8.67. The smallest absolute Gasteiger partial charge is 0.315 e. The highest BCUT2D eigenvalue weighted by Crippen LogP contribution is 2.45. The second kappa shape index (κ2) is 6.37. The molecule has 1 fully saturated rings. The second-order valence-corrected chi connectivity index (χ2v) is 7.04. The van der Waals surface area contributed by atoms with Gasteiger partial charge in [-0.05, 0) is 54.2 Å². The molecule has 26 heavy (non-hydrogen) atoms. The van der Waals surface area contributed by atoms with Crippen LogP contribution in [0, 0.1) is 6.92 Å². The van der Waals surface area contributed by atoms with Crippen molar-refractivity contribution < 1.29 is 9.32 Å². The normalized spacial score (nSPS) is 14.8. The van der Waals surface area contributed by atoms with Crippen LogP contribution in [0.5, 0.6) is 0 Å². The first kappa shape index (κ1) is 16.4. The molecule has 0 spiro atoms. The summed E-state index contributed by atoms with van der Waals surface area (Å²) in [6.45, 7) is 4.52. The van der Waals surface area contributed by atoms with Gasteiger partial charge >= 0.3 is 11.8 Å². The molecule has 1 aliphatic rings. The molecular weight excluding hydrogens is 328 g/mol. The molecule has 1 saturated carbocycles. The predicted molar refractivity (Wildman–Crippen MR) is 96.5 cm³/mol. The van der Waals surface area contributed by atoms with Gasteiger partial charge in [-0.1, -0.05) is 30.3 Å². The van der Waals surface area contributed by atoms with Gasteiger partial charge < -0.3 is 9.84 Å². The van der Waals surface area contributed by atoms with E-state index in [9.17, 15) is 4.79 Å². The summed E-state index contributed by atoms with van der Waals surface area (Å²) in [4.78, 5) is 20.5. The number of aromatic nitrogens is 3. The maximum atomic E-state index is 12.3. The molecular formula is C20H20N4O2. The zero-order chi connectivity index (χ0) is 18.1. The lowest BCUT2D eigenvalue weighted by atomic mass is 10.0. The Kier molecular flexibility index (Phi) is 4.03. The minimum Gasteiger partial charge on any atom is -0.344 e. The van der Waals surface area contributed by atoms with E-state index in [1.54, 1.807) is 12.4 Å². The van der Waals surface area contributed by atoms with E-state index in [1.807, 2.05) is 31.2 Å². The number of carbonyl (C=O) groups is 1. The summed E-state index contributed by atoms with van der Waals surface area (Å²) in [5.41, 5.74) is 4.38. The molecule has 1 aromatic carbocycles. The molecule has 6 nitrogen and oxygen atoms in total. The van der Waals surface area contributed by atoms with Crippen LogP contribution in [0.3, 0.4) is 0 Å². The molecule has 1 N–H and O–H groups in total. The zero-order valence-electron chi connectivity index (χ0n) is 14.8. The lowest BCUT2D eigenvalue weighted by Gasteiger charge is -2.09. The maximum absolute atomic E-state index is 12.3. The van der Waals surface area contributed by atoms with Crippen LogP contribution in [-0.2, 0) is 12.0 Å². The SMILES string of the molecule is Cc1cc(-c2ccncc2)ccc1CNC(=O)c1nc(C2(C)CC2)no1. The predicted octanol–water partition coefficient (Wildman–Crippen LogP) is 3.42. The number of pyridine rings is 1. The molecule has 0 atom stereocenters. The van der Waals surface area contributed by atoms with Crippen LogP contribution >= 0.6 is 0 Å². The molecule has 0 bridgehead atoms. The van der Waals surface area contributed by atoms with Crippen LogP contribution in [0.25, 0.3) is 11.1 Å². The first-order chi connectivity index (χ1) is 12.5. The van der Waals surface area contributed by atoms with Crippen molar-refractivity contribution >= 4 is 5.91 Å². The molecule has 0 unspecified atom stereocenters. The Bertz CT molecular complexity index is 945. The third-order valence-corrected chi connectivity index (χ3v) is 4.96. The Morgan fingerprint density at radius 3 is 2.65 bits per heavy atom. The van der Waals surface area contributed by atoms with Crippen LogP contribution in [0.15, 0.2) is 47.2 Å². The molecule has 6 heteroatoms. The molecule has 0 radical (unpaired) electrons. The number of aryl methyl sites for hydroxylation is 1. The van der Waals surface area contributed by atoms with E-state index in [1.165, 1.54) is 0 Å². The van der Waals surface area contributed by atoms with E-state index in [2.05, 4.69) is 33.4 Å². The lowest BCUT2D eigenvalue weighted by Crippen LogP contribution is -2.23. The van der Waals surface area contributed by atoms with Crippen molar-refractivity contribution in [3.8, 4) is 11.1 Å². The number of rotatable bonds is 5. The quantitative estimate of drug-likeness (QED) is 0.764. The van der Waals surface area contributed by atoms with Crippen LogP contribution in [-0.4, -0.2) is 21.0 Å². The summed E-state index contributed by atoms with van der Waals surface area (Å²) in [7, 11) is 0. The van der Waals surface area contributed by atoms with Gasteiger partial charge in [-0.2, -0.15) is 4.98 Å². The highest BCUT2D eigenvalue weighted by atomic mass is 16.5. The highest BCUT2D eigenvalue weighted by molar-refractivity contribution is 5.89. The third kappa shape index (κ3) is 3.22. The van der Waals surface area contributed by atoms with Crippen LogP contribution in [0.4, 0.5) is 0 Å². The van der Waals surface area contributed by atoms with Gasteiger partial charge in [0.05, 0.1) is 0 Å². The fraction of sp³-hybridized carbons (Fsp3) is 0.300. The van der Waals surface area contributed by atoms with Crippen molar-refractivity contribution in [2.75, 3.05) is 0 Å². The average Bonchev–Trinajstić information content (AvgIpc) is 3.21. The van der Waals surface area contributed by atoms with Crippen molar-refractivity contribution in [2.24, 2.45) is 0 Å². The minimum absolute atomic E-state index is 0.0125. The summed E-state index contributed by atoms with van der Waals surface area (Å²) in [6.07, 6.45) is 5.63. The van der Waals surface area contributed by atoms with Gasteiger partial charge in [-0.15, -0.1) is 0 Å². The van der Waals surface area contributed by atoms with Gasteiger partial charge in [-0.25, -0.2) is 0 Å². The van der Waals surface area contributed by atoms with E-state index < -0.39 is 0 Å². The van der Waals surface area contributed by atoms with Crippen molar-refractivity contribution in [3.63, 3.8) is 0 Å². The van der Waals surface area contributed by atoms with Gasteiger partial charge in [-0.3, -0.25) is 9.78 Å². The number of carbonyl (C=O) groups excluding carboxylic acids is 1. The van der Waals surface area contributed by atoms with Gasteiger partial charge in [0.1, 0.15) is 0 Å². The number of hydrogen-bond acceptors (Lipinski definition) is 5. The molecule has 2 aromatic heterocycles. The second-order valence-electron chi connectivity index (χ2n) is 7.04. The molecule has 2 heterocycles. The van der Waals surface area contributed by atoms with E-state index >= 15 is 0 Å². The summed E-state index contributed by atoms with van der Waals surface area (Å²) in [5, 5.41) is 6.79. The maximum Gasteiger partial charge on any atom is 0.315 e. The number of amides is 1. The molecule has 1 amide bonds. The first-order valence-corrected chi connectivity index (χ1v) is 8.67. The number of nitrogens with zero attached hydrogens (tertiary/aromatic N) is 3. The van der Waals surface area contributed by atoms with Crippen molar-refractivity contribution in [1.29, 1.82) is 0 Å². The van der Waals surface area contributed by atoms with Gasteiger partial charge in [0.2, 0.25) is 0 Å². The molecule has 0 saturated heterocycles. The Labute approximate surface area is 151 Å². The van der Waals surface area contributed by atoms with E-state index in [0.29, 0.717) is 12.4 Å². The number of hydrogen-bond donors (Lipinski definition) is 1. The van der Waals surface area contributed by atoms with Crippen molar-refractivity contribution in [2.45, 2.75) is 38.6 Å². The van der Waals surface area contributed by atoms with E-state index in [-0.39, 0.29) is 17.2 Å². The Morgan fingerprint density at radius 2 is 1.96 bits per heavy atom. The number of nitrogens with one attached hydrogen (secondary N) is 1.